The Morgan fingerprint density at radius 3 is 2.75 bits per heavy atom. The van der Waals surface area contributed by atoms with E-state index in [4.69, 9.17) is 14.2 Å². The Labute approximate surface area is 138 Å². The molecule has 122 valence electrons. The summed E-state index contributed by atoms with van der Waals surface area (Å²) in [6, 6.07) is 10.8. The maximum absolute atomic E-state index is 11.9. The van der Waals surface area contributed by atoms with Crippen molar-refractivity contribution in [3.05, 3.63) is 53.1 Å². The van der Waals surface area contributed by atoms with E-state index in [1.165, 1.54) is 0 Å². The molecular weight excluding hydrogens is 310 g/mol. The lowest BCUT2D eigenvalue weighted by Crippen LogP contribution is -2.20. The van der Waals surface area contributed by atoms with E-state index < -0.39 is 0 Å². The van der Waals surface area contributed by atoms with E-state index in [9.17, 15) is 9.59 Å². The average Bonchev–Trinajstić information content (AvgIpc) is 2.90. The van der Waals surface area contributed by atoms with Crippen molar-refractivity contribution in [1.82, 2.24) is 5.32 Å². The molecule has 6 nitrogen and oxygen atoms in total. The van der Waals surface area contributed by atoms with Crippen molar-refractivity contribution >= 4 is 11.8 Å². The zero-order valence-corrected chi connectivity index (χ0v) is 12.8. The molecule has 0 radical (unpaired) electrons. The van der Waals surface area contributed by atoms with Crippen LogP contribution in [0.4, 0.5) is 0 Å². The number of amides is 2. The fourth-order valence-corrected chi connectivity index (χ4v) is 2.93. The van der Waals surface area contributed by atoms with Gasteiger partial charge in [-0.3, -0.25) is 14.9 Å². The van der Waals surface area contributed by atoms with Crippen LogP contribution in [-0.4, -0.2) is 31.6 Å². The summed E-state index contributed by atoms with van der Waals surface area (Å²) in [5.41, 5.74) is 1.66. The second-order valence-corrected chi connectivity index (χ2v) is 5.50. The van der Waals surface area contributed by atoms with E-state index >= 15 is 0 Å². The Hall–Kier alpha value is -3.02. The van der Waals surface area contributed by atoms with Gasteiger partial charge in [0, 0.05) is 6.42 Å². The lowest BCUT2D eigenvalue weighted by Gasteiger charge is -2.20. The van der Waals surface area contributed by atoms with E-state index in [0.29, 0.717) is 54.6 Å². The number of hydrogen-bond acceptors (Lipinski definition) is 5. The van der Waals surface area contributed by atoms with Gasteiger partial charge in [-0.2, -0.15) is 0 Å². The van der Waals surface area contributed by atoms with Gasteiger partial charge in [-0.1, -0.05) is 18.2 Å². The quantitative estimate of drug-likeness (QED) is 0.870. The summed E-state index contributed by atoms with van der Waals surface area (Å²) < 4.78 is 16.9. The minimum atomic E-state index is -0.348. The zero-order valence-electron chi connectivity index (χ0n) is 12.8. The molecule has 0 spiro atoms. The van der Waals surface area contributed by atoms with Crippen molar-refractivity contribution in [1.29, 1.82) is 0 Å². The molecule has 2 aromatic carbocycles. The van der Waals surface area contributed by atoms with Crippen LogP contribution in [0.15, 0.2) is 36.4 Å². The van der Waals surface area contributed by atoms with Gasteiger partial charge < -0.3 is 14.2 Å². The van der Waals surface area contributed by atoms with Crippen LogP contribution in [0.1, 0.15) is 26.3 Å². The van der Waals surface area contributed by atoms with Gasteiger partial charge in [-0.05, 0) is 23.8 Å². The summed E-state index contributed by atoms with van der Waals surface area (Å²) in [4.78, 5) is 23.6. The maximum Gasteiger partial charge on any atom is 0.259 e. The normalized spacial score (nSPS) is 15.0. The molecule has 0 bridgehead atoms. The van der Waals surface area contributed by atoms with Crippen LogP contribution < -0.4 is 19.5 Å². The number of nitrogens with one attached hydrogen (secondary N) is 1. The van der Waals surface area contributed by atoms with E-state index in [2.05, 4.69) is 5.32 Å². The van der Waals surface area contributed by atoms with Crippen molar-refractivity contribution in [3.63, 3.8) is 0 Å². The molecule has 0 saturated heterocycles. The molecule has 24 heavy (non-hydrogen) atoms. The largest absolute Gasteiger partial charge is 0.489 e. The third kappa shape index (κ3) is 2.46. The molecule has 2 aliphatic rings. The first kappa shape index (κ1) is 14.6. The number of imide groups is 1. The van der Waals surface area contributed by atoms with E-state index in [1.54, 1.807) is 12.1 Å². The highest BCUT2D eigenvalue weighted by Crippen LogP contribution is 2.39. The predicted molar refractivity (Wildman–Crippen MR) is 84.9 cm³/mol. The predicted octanol–water partition coefficient (Wildman–Crippen LogP) is 1.96. The molecule has 0 aliphatic carbocycles. The van der Waals surface area contributed by atoms with Gasteiger partial charge in [0.05, 0.1) is 17.7 Å². The zero-order chi connectivity index (χ0) is 16.5. The third-order valence-corrected chi connectivity index (χ3v) is 4.01. The molecule has 0 fully saturated rings. The molecule has 6 heteroatoms. The Balaban J connectivity index is 1.50. The molecule has 0 aromatic heterocycles. The Bertz CT molecular complexity index is 830. The van der Waals surface area contributed by atoms with Crippen LogP contribution in [0.5, 0.6) is 17.2 Å². The molecule has 0 unspecified atom stereocenters. The topological polar surface area (TPSA) is 73.9 Å². The van der Waals surface area contributed by atoms with E-state index in [-0.39, 0.29) is 11.8 Å². The standard InChI is InChI=1S/C18H15NO5/c20-17-12-4-1-3-11(15(12)18(21)19-17)7-8-22-13-5-2-6-14-16(13)24-10-9-23-14/h1-6H,7-10H2,(H,19,20,21). The van der Waals surface area contributed by atoms with Gasteiger partial charge in [0.1, 0.15) is 13.2 Å². The smallest absolute Gasteiger partial charge is 0.259 e. The van der Waals surface area contributed by atoms with Gasteiger partial charge in [0.2, 0.25) is 5.75 Å². The minimum Gasteiger partial charge on any atom is -0.489 e. The van der Waals surface area contributed by atoms with Crippen LogP contribution in [-0.2, 0) is 6.42 Å². The number of benzene rings is 2. The number of carbonyl (C=O) groups is 2. The first-order chi connectivity index (χ1) is 11.7. The maximum atomic E-state index is 11.9. The van der Waals surface area contributed by atoms with Crippen LogP contribution in [0.2, 0.25) is 0 Å². The van der Waals surface area contributed by atoms with E-state index in [0.717, 1.165) is 5.56 Å². The van der Waals surface area contributed by atoms with Crippen LogP contribution in [0.25, 0.3) is 0 Å². The fourth-order valence-electron chi connectivity index (χ4n) is 2.93. The Morgan fingerprint density at radius 1 is 1.00 bits per heavy atom. The summed E-state index contributed by atoms with van der Waals surface area (Å²) in [6.45, 7) is 1.37. The number of hydrogen-bond donors (Lipinski definition) is 1. The lowest BCUT2D eigenvalue weighted by molar-refractivity contribution is 0.0879. The summed E-state index contributed by atoms with van der Waals surface area (Å²) in [5.74, 6) is 1.19. The number of carbonyl (C=O) groups excluding carboxylic acids is 2. The Kier molecular flexibility index (Phi) is 3.57. The second kappa shape index (κ2) is 5.88. The van der Waals surface area contributed by atoms with Crippen LogP contribution >= 0.6 is 0 Å². The monoisotopic (exact) mass is 325 g/mol. The van der Waals surface area contributed by atoms with Crippen molar-refractivity contribution in [2.45, 2.75) is 6.42 Å². The van der Waals surface area contributed by atoms with Crippen molar-refractivity contribution in [2.75, 3.05) is 19.8 Å². The first-order valence-electron chi connectivity index (χ1n) is 7.73. The summed E-state index contributed by atoms with van der Waals surface area (Å²) in [6.07, 6.45) is 0.508. The molecule has 2 aromatic rings. The highest BCUT2D eigenvalue weighted by molar-refractivity contribution is 6.22. The summed E-state index contributed by atoms with van der Waals surface area (Å²) >= 11 is 0. The highest BCUT2D eigenvalue weighted by atomic mass is 16.6. The highest BCUT2D eigenvalue weighted by Gasteiger charge is 2.28. The fraction of sp³-hybridized carbons (Fsp3) is 0.222. The molecule has 1 N–H and O–H groups in total. The van der Waals surface area contributed by atoms with Gasteiger partial charge in [-0.25, -0.2) is 0 Å². The summed E-state index contributed by atoms with van der Waals surface area (Å²) in [5, 5.41) is 2.32. The third-order valence-electron chi connectivity index (χ3n) is 4.01. The van der Waals surface area contributed by atoms with Crippen molar-refractivity contribution in [2.24, 2.45) is 0 Å². The number of ether oxygens (including phenoxy) is 3. The Morgan fingerprint density at radius 2 is 1.83 bits per heavy atom. The molecular formula is C18H15NO5. The number of para-hydroxylation sites is 1. The molecule has 0 atom stereocenters. The van der Waals surface area contributed by atoms with Crippen molar-refractivity contribution in [3.8, 4) is 17.2 Å². The van der Waals surface area contributed by atoms with Gasteiger partial charge in [-0.15, -0.1) is 0 Å². The molecule has 0 saturated carbocycles. The molecule has 4 rings (SSSR count). The SMILES string of the molecule is O=C1NC(=O)c2c(CCOc3cccc4c3OCCO4)cccc21. The summed E-state index contributed by atoms with van der Waals surface area (Å²) in [7, 11) is 0. The average molecular weight is 325 g/mol. The molecule has 2 amide bonds. The van der Waals surface area contributed by atoms with Gasteiger partial charge >= 0.3 is 0 Å². The van der Waals surface area contributed by atoms with Crippen LogP contribution in [0, 0.1) is 0 Å². The van der Waals surface area contributed by atoms with E-state index in [1.807, 2.05) is 24.3 Å². The number of rotatable bonds is 4. The number of fused-ring (bicyclic) bond motifs is 2. The minimum absolute atomic E-state index is 0.347. The van der Waals surface area contributed by atoms with Crippen LogP contribution in [0.3, 0.4) is 0 Å². The second-order valence-electron chi connectivity index (χ2n) is 5.50. The first-order valence-corrected chi connectivity index (χ1v) is 7.73. The lowest BCUT2D eigenvalue weighted by atomic mass is 10.0. The van der Waals surface area contributed by atoms with Gasteiger partial charge in [0.25, 0.3) is 11.8 Å². The molecule has 2 heterocycles. The van der Waals surface area contributed by atoms with Crippen molar-refractivity contribution < 1.29 is 23.8 Å². The van der Waals surface area contributed by atoms with Gasteiger partial charge in [0.15, 0.2) is 11.5 Å². The molecule has 2 aliphatic heterocycles.